The number of alkyl halides is 5. The van der Waals surface area contributed by atoms with Crippen molar-refractivity contribution in [2.75, 3.05) is 56.2 Å². The summed E-state index contributed by atoms with van der Waals surface area (Å²) in [6.07, 6.45) is -0.426. The van der Waals surface area contributed by atoms with Crippen molar-refractivity contribution in [3.05, 3.63) is 65.4 Å². The van der Waals surface area contributed by atoms with Crippen LogP contribution in [0.2, 0.25) is 0 Å². The lowest BCUT2D eigenvalue weighted by Gasteiger charge is -2.38. The smallest absolute Gasteiger partial charge is 0.284 e. The van der Waals surface area contributed by atoms with E-state index in [1.54, 1.807) is 28.9 Å². The molecule has 65 heavy (non-hydrogen) atoms. The highest BCUT2D eigenvalue weighted by atomic mass is 19.3. The number of halogens is 5. The summed E-state index contributed by atoms with van der Waals surface area (Å²) < 4.78 is 86.3. The molecule has 0 bridgehead atoms. The van der Waals surface area contributed by atoms with Gasteiger partial charge < -0.3 is 19.7 Å². The van der Waals surface area contributed by atoms with Gasteiger partial charge in [0.25, 0.3) is 18.8 Å². The SMILES string of the molecule is Cn1nc(C2CCC(=O)NC2=O)c2cccc(C#CCO[C@H]3CCN(CC4CCC(n5cc(NC(=O)c6cnn7ccc(N8CCO[C@@H](C(F)F)C8)nc67)c(C(F)F)n5)CC4)C[C@H]3F)c21. The minimum atomic E-state index is -2.96. The van der Waals surface area contributed by atoms with E-state index in [0.29, 0.717) is 62.4 Å². The predicted octanol–water partition coefficient (Wildman–Crippen LogP) is 5.20. The highest BCUT2D eigenvalue weighted by Gasteiger charge is 2.35. The number of morpholine rings is 1. The Balaban J connectivity index is 0.757. The number of hydrogen-bond donors (Lipinski definition) is 2. The molecule has 0 radical (unpaired) electrons. The first-order valence-electron chi connectivity index (χ1n) is 21.8. The van der Waals surface area contributed by atoms with E-state index < -0.39 is 48.7 Å². The van der Waals surface area contributed by atoms with Crippen LogP contribution in [0.3, 0.4) is 0 Å². The van der Waals surface area contributed by atoms with E-state index in [1.807, 2.05) is 18.2 Å². The highest BCUT2D eigenvalue weighted by Crippen LogP contribution is 2.36. The van der Waals surface area contributed by atoms with Gasteiger partial charge in [0.15, 0.2) is 11.3 Å². The minimum absolute atomic E-state index is 0.0123. The average molecular weight is 906 g/mol. The zero-order valence-corrected chi connectivity index (χ0v) is 35.5. The van der Waals surface area contributed by atoms with Gasteiger partial charge >= 0.3 is 0 Å². The third-order valence-corrected chi connectivity index (χ3v) is 12.8. The number of ether oxygens (including phenoxy) is 2. The number of anilines is 2. The number of fused-ring (bicyclic) bond motifs is 2. The molecule has 1 aromatic carbocycles. The van der Waals surface area contributed by atoms with Gasteiger partial charge in [0.2, 0.25) is 11.8 Å². The summed E-state index contributed by atoms with van der Waals surface area (Å²) in [6.45, 7) is 1.94. The van der Waals surface area contributed by atoms with Gasteiger partial charge in [0.05, 0.1) is 59.9 Å². The van der Waals surface area contributed by atoms with E-state index in [-0.39, 0.29) is 73.4 Å². The van der Waals surface area contributed by atoms with Crippen LogP contribution in [0, 0.1) is 17.8 Å². The van der Waals surface area contributed by atoms with Crippen molar-refractivity contribution < 1.29 is 45.8 Å². The van der Waals surface area contributed by atoms with Crippen molar-refractivity contribution >= 4 is 45.8 Å². The van der Waals surface area contributed by atoms with Crippen LogP contribution in [-0.4, -0.2) is 128 Å². The predicted molar refractivity (Wildman–Crippen MR) is 225 cm³/mol. The number of aryl methyl sites for hydroxylation is 1. The Bertz CT molecular complexity index is 2630. The normalized spacial score (nSPS) is 24.5. The van der Waals surface area contributed by atoms with Gasteiger partial charge in [-0.2, -0.15) is 15.3 Å². The first-order valence-corrected chi connectivity index (χ1v) is 21.8. The van der Waals surface area contributed by atoms with Crippen molar-refractivity contribution in [3.63, 3.8) is 0 Å². The number of para-hydroxylation sites is 1. The zero-order chi connectivity index (χ0) is 45.4. The highest BCUT2D eigenvalue weighted by molar-refractivity contribution is 6.08. The van der Waals surface area contributed by atoms with Crippen molar-refractivity contribution in [2.24, 2.45) is 13.0 Å². The van der Waals surface area contributed by atoms with Crippen molar-refractivity contribution in [3.8, 4) is 11.8 Å². The van der Waals surface area contributed by atoms with E-state index in [9.17, 15) is 31.9 Å². The molecule has 4 atom stereocenters. The van der Waals surface area contributed by atoms with Gasteiger partial charge in [0.1, 0.15) is 30.3 Å². The number of likely N-dealkylation sites (tertiary alicyclic amines) is 1. The van der Waals surface area contributed by atoms with E-state index in [4.69, 9.17) is 9.47 Å². The van der Waals surface area contributed by atoms with E-state index in [0.717, 1.165) is 23.7 Å². The zero-order valence-electron chi connectivity index (χ0n) is 35.5. The second kappa shape index (κ2) is 18.9. The Kier molecular flexibility index (Phi) is 12.8. The standard InChI is InChI=1S/C44H48F5N11O5/c1-56-39-26(4-2-6-28(39)37(54-56)29-11-12-36(61)53-43(29)62)5-3-18-64-33-13-15-57(22-31(33)45)21-25-7-9-27(10-8-25)60-23-32(38(55-60)41(48)49)51-44(63)30-20-50-59-16-14-35(52-42(30)59)58-17-19-65-34(24-58)40(46)47/h2,4,6,14,16,20,23,25,27,29,31,33-34,40-41H,7-13,15,17-19,21-22,24H2,1H3,(H,51,63)(H,53,61,62)/t25?,27?,29?,31-,33+,34-/m1/s1. The fourth-order valence-electron chi connectivity index (χ4n) is 9.49. The van der Waals surface area contributed by atoms with Crippen LogP contribution in [0.15, 0.2) is 42.9 Å². The number of hydrogen-bond acceptors (Lipinski definition) is 11. The van der Waals surface area contributed by atoms with Crippen LogP contribution in [0.5, 0.6) is 0 Å². The first kappa shape index (κ1) is 44.2. The fourth-order valence-corrected chi connectivity index (χ4v) is 9.49. The number of imide groups is 1. The largest absolute Gasteiger partial charge is 0.369 e. The summed E-state index contributed by atoms with van der Waals surface area (Å²) in [4.78, 5) is 46.0. The molecule has 21 heteroatoms. The molecule has 4 aromatic heterocycles. The Morgan fingerprint density at radius 1 is 1.05 bits per heavy atom. The van der Waals surface area contributed by atoms with Crippen molar-refractivity contribution in [1.82, 2.24) is 44.4 Å². The fraction of sp³-hybridized carbons (Fsp3) is 0.523. The molecule has 3 aliphatic heterocycles. The summed E-state index contributed by atoms with van der Waals surface area (Å²) in [5, 5.41) is 18.7. The molecule has 0 spiro atoms. The van der Waals surface area contributed by atoms with Crippen molar-refractivity contribution in [2.45, 2.75) is 88.1 Å². The quantitative estimate of drug-likeness (QED) is 0.102. The number of amides is 3. The molecule has 16 nitrogen and oxygen atoms in total. The van der Waals surface area contributed by atoms with Crippen LogP contribution >= 0.6 is 0 Å². The second-order valence-corrected chi connectivity index (χ2v) is 17.1. The number of nitrogens with zero attached hydrogens (tertiary/aromatic N) is 9. The number of aromatic nitrogens is 7. The molecule has 5 aromatic rings. The molecule has 1 saturated carbocycles. The molecule has 4 fully saturated rings. The molecule has 1 aliphatic carbocycles. The lowest BCUT2D eigenvalue weighted by Crippen LogP contribution is -2.47. The maximum Gasteiger partial charge on any atom is 0.284 e. The molecule has 4 aliphatic rings. The third kappa shape index (κ3) is 9.42. The van der Waals surface area contributed by atoms with Crippen LogP contribution in [-0.2, 0) is 26.1 Å². The maximum absolute atomic E-state index is 15.5. The molecule has 3 saturated heterocycles. The lowest BCUT2D eigenvalue weighted by molar-refractivity contribution is -0.134. The van der Waals surface area contributed by atoms with Gasteiger partial charge in [-0.3, -0.25) is 34.0 Å². The monoisotopic (exact) mass is 905 g/mol. The van der Waals surface area contributed by atoms with Gasteiger partial charge in [-0.15, -0.1) is 0 Å². The van der Waals surface area contributed by atoms with Gasteiger partial charge in [-0.05, 0) is 56.6 Å². The molecular weight excluding hydrogens is 858 g/mol. The lowest BCUT2D eigenvalue weighted by atomic mass is 9.85. The number of nitrogens with one attached hydrogen (secondary N) is 2. The summed E-state index contributed by atoms with van der Waals surface area (Å²) in [5.41, 5.74) is 1.51. The first-order chi connectivity index (χ1) is 31.4. The van der Waals surface area contributed by atoms with Crippen LogP contribution in [0.1, 0.15) is 90.6 Å². The summed E-state index contributed by atoms with van der Waals surface area (Å²) in [5.74, 6) is 4.88. The van der Waals surface area contributed by atoms with Gasteiger partial charge in [-0.1, -0.05) is 24.0 Å². The van der Waals surface area contributed by atoms with Crippen LogP contribution in [0.4, 0.5) is 33.5 Å². The summed E-state index contributed by atoms with van der Waals surface area (Å²) in [7, 11) is 1.78. The van der Waals surface area contributed by atoms with Gasteiger partial charge in [0, 0.05) is 57.4 Å². The third-order valence-electron chi connectivity index (χ3n) is 12.8. The molecule has 1 unspecified atom stereocenters. The number of carbonyl (C=O) groups is 3. The Labute approximate surface area is 369 Å². The molecular formula is C44H48F5N11O5. The molecule has 9 rings (SSSR count). The number of benzene rings is 1. The van der Waals surface area contributed by atoms with Gasteiger partial charge in [-0.25, -0.2) is 31.5 Å². The number of carbonyl (C=O) groups excluding carboxylic acids is 3. The second-order valence-electron chi connectivity index (χ2n) is 17.1. The Hall–Kier alpha value is -5.98. The Morgan fingerprint density at radius 3 is 2.65 bits per heavy atom. The molecule has 3 amide bonds. The number of rotatable bonds is 11. The van der Waals surface area contributed by atoms with Crippen LogP contribution < -0.4 is 15.5 Å². The molecule has 7 heterocycles. The maximum atomic E-state index is 15.5. The van der Waals surface area contributed by atoms with Crippen LogP contribution in [0.25, 0.3) is 16.6 Å². The van der Waals surface area contributed by atoms with E-state index >= 15 is 4.39 Å². The average Bonchev–Trinajstić information content (AvgIpc) is 4.01. The van der Waals surface area contributed by atoms with Crippen molar-refractivity contribution in [1.29, 1.82) is 0 Å². The Morgan fingerprint density at radius 2 is 1.88 bits per heavy atom. The molecule has 344 valence electrons. The summed E-state index contributed by atoms with van der Waals surface area (Å²) >= 11 is 0. The minimum Gasteiger partial charge on any atom is -0.369 e. The molecule has 2 N–H and O–H groups in total. The van der Waals surface area contributed by atoms with E-state index in [1.165, 1.54) is 21.6 Å². The summed E-state index contributed by atoms with van der Waals surface area (Å²) in [6, 6.07) is 7.00. The van der Waals surface area contributed by atoms with E-state index in [2.05, 4.69) is 47.7 Å². The topological polar surface area (TPSA) is 166 Å². The number of piperidine rings is 2.